The van der Waals surface area contributed by atoms with Crippen LogP contribution in [0.25, 0.3) is 0 Å². The number of nitrogens with zero attached hydrogens (tertiary/aromatic N) is 2. The highest BCUT2D eigenvalue weighted by atomic mass is 16.5. The van der Waals surface area contributed by atoms with Gasteiger partial charge in [-0.05, 0) is 6.07 Å². The first-order valence-corrected chi connectivity index (χ1v) is 3.29. The van der Waals surface area contributed by atoms with E-state index in [0.29, 0.717) is 0 Å². The van der Waals surface area contributed by atoms with E-state index in [1.807, 2.05) is 0 Å². The molecule has 1 N–H and O–H groups in total. The van der Waals surface area contributed by atoms with Crippen LogP contribution >= 0.6 is 0 Å². The number of aromatic nitrogens is 2. The maximum Gasteiger partial charge on any atom is 0.356 e. The third kappa shape index (κ3) is 1.76. The number of aliphatic hydroxyl groups is 1. The summed E-state index contributed by atoms with van der Waals surface area (Å²) in [7, 11) is 1.27. The molecule has 0 bridgehead atoms. The van der Waals surface area contributed by atoms with Gasteiger partial charge in [-0.1, -0.05) is 0 Å². The number of aliphatic hydroxyl groups excluding tert-OH is 1. The minimum absolute atomic E-state index is 0.150. The van der Waals surface area contributed by atoms with Crippen molar-refractivity contribution in [2.45, 2.75) is 6.61 Å². The number of carbonyl (C=O) groups excluding carboxylic acids is 1. The van der Waals surface area contributed by atoms with E-state index in [1.165, 1.54) is 19.4 Å². The number of methoxy groups -OCH3 is 1. The Bertz CT molecular complexity index is 288. The van der Waals surface area contributed by atoms with Crippen molar-refractivity contribution in [3.05, 3.63) is 23.8 Å². The Morgan fingerprint density at radius 1 is 1.75 bits per heavy atom. The molecular formula is C7H8N2O3. The summed E-state index contributed by atoms with van der Waals surface area (Å²) in [6, 6.07) is 1.42. The second kappa shape index (κ2) is 3.77. The van der Waals surface area contributed by atoms with E-state index in [1.54, 1.807) is 0 Å². The number of ether oxygens (including phenoxy) is 1. The van der Waals surface area contributed by atoms with Crippen molar-refractivity contribution < 1.29 is 14.6 Å². The van der Waals surface area contributed by atoms with Gasteiger partial charge in [0.05, 0.1) is 7.11 Å². The zero-order valence-electron chi connectivity index (χ0n) is 6.52. The molecule has 0 aliphatic rings. The maximum atomic E-state index is 10.9. The number of esters is 1. The zero-order valence-corrected chi connectivity index (χ0v) is 6.52. The molecule has 1 aromatic heterocycles. The Hall–Kier alpha value is -1.49. The molecule has 0 atom stereocenters. The molecule has 0 aliphatic heterocycles. The number of carbonyl (C=O) groups is 1. The minimum atomic E-state index is -0.535. The molecule has 5 heteroatoms. The van der Waals surface area contributed by atoms with Crippen LogP contribution in [0.1, 0.15) is 16.3 Å². The van der Waals surface area contributed by atoms with E-state index in [4.69, 9.17) is 5.11 Å². The second-order valence-electron chi connectivity index (χ2n) is 2.01. The summed E-state index contributed by atoms with van der Waals surface area (Å²) in [6.07, 6.45) is 1.39. The van der Waals surface area contributed by atoms with Crippen LogP contribution in [-0.2, 0) is 11.3 Å². The van der Waals surface area contributed by atoms with E-state index in [2.05, 4.69) is 14.7 Å². The predicted octanol–water partition coefficient (Wildman–Crippen LogP) is -0.245. The van der Waals surface area contributed by atoms with Gasteiger partial charge >= 0.3 is 5.97 Å². The molecule has 0 aromatic carbocycles. The lowest BCUT2D eigenvalue weighted by Gasteiger charge is -1.98. The van der Waals surface area contributed by atoms with Crippen LogP contribution in [0, 0.1) is 0 Å². The molecule has 1 aromatic rings. The van der Waals surface area contributed by atoms with Crippen molar-refractivity contribution in [2.75, 3.05) is 7.11 Å². The molecule has 0 radical (unpaired) electrons. The van der Waals surface area contributed by atoms with Gasteiger partial charge < -0.3 is 9.84 Å². The summed E-state index contributed by atoms with van der Waals surface area (Å²) in [5.74, 6) is -0.329. The van der Waals surface area contributed by atoms with Gasteiger partial charge in [-0.25, -0.2) is 14.8 Å². The number of hydrogen-bond acceptors (Lipinski definition) is 5. The van der Waals surface area contributed by atoms with Crippen molar-refractivity contribution >= 4 is 5.97 Å². The van der Waals surface area contributed by atoms with Gasteiger partial charge in [-0.2, -0.15) is 0 Å². The first kappa shape index (κ1) is 8.61. The van der Waals surface area contributed by atoms with Gasteiger partial charge in [0.2, 0.25) is 0 Å². The fourth-order valence-electron chi connectivity index (χ4n) is 0.694. The molecule has 12 heavy (non-hydrogen) atoms. The Labute approximate surface area is 69.0 Å². The smallest absolute Gasteiger partial charge is 0.356 e. The average Bonchev–Trinajstić information content (AvgIpc) is 2.17. The molecule has 0 saturated carbocycles. The summed E-state index contributed by atoms with van der Waals surface area (Å²) in [5.41, 5.74) is 0.150. The van der Waals surface area contributed by atoms with E-state index < -0.39 is 5.97 Å². The highest BCUT2D eigenvalue weighted by Crippen LogP contribution is 1.97. The third-order valence-electron chi connectivity index (χ3n) is 1.24. The molecule has 1 heterocycles. The van der Waals surface area contributed by atoms with E-state index in [9.17, 15) is 4.79 Å². The Kier molecular flexibility index (Phi) is 2.71. The fraction of sp³-hybridized carbons (Fsp3) is 0.286. The monoisotopic (exact) mass is 168 g/mol. The largest absolute Gasteiger partial charge is 0.464 e. The normalized spacial score (nSPS) is 9.50. The first-order chi connectivity index (χ1) is 5.77. The Morgan fingerprint density at radius 3 is 3.08 bits per heavy atom. The van der Waals surface area contributed by atoms with Crippen LogP contribution in [0.5, 0.6) is 0 Å². The quantitative estimate of drug-likeness (QED) is 0.617. The van der Waals surface area contributed by atoms with Gasteiger partial charge in [0.15, 0.2) is 11.5 Å². The molecule has 0 aliphatic carbocycles. The Morgan fingerprint density at radius 2 is 2.50 bits per heavy atom. The van der Waals surface area contributed by atoms with Crippen molar-refractivity contribution in [1.82, 2.24) is 9.97 Å². The molecular weight excluding hydrogens is 160 g/mol. The highest BCUT2D eigenvalue weighted by Gasteiger charge is 2.06. The van der Waals surface area contributed by atoms with Gasteiger partial charge in [0.25, 0.3) is 0 Å². The minimum Gasteiger partial charge on any atom is -0.464 e. The molecule has 0 saturated heterocycles. The summed E-state index contributed by atoms with van der Waals surface area (Å²) < 4.78 is 4.42. The van der Waals surface area contributed by atoms with Crippen molar-refractivity contribution in [3.8, 4) is 0 Å². The molecule has 0 unspecified atom stereocenters. The molecule has 0 amide bonds. The van der Waals surface area contributed by atoms with E-state index >= 15 is 0 Å². The maximum absolute atomic E-state index is 10.9. The fourth-order valence-corrected chi connectivity index (χ4v) is 0.694. The summed E-state index contributed by atoms with van der Waals surface area (Å²) >= 11 is 0. The van der Waals surface area contributed by atoms with Crippen LogP contribution in [-0.4, -0.2) is 28.2 Å². The zero-order chi connectivity index (χ0) is 8.97. The second-order valence-corrected chi connectivity index (χ2v) is 2.01. The number of rotatable bonds is 2. The summed E-state index contributed by atoms with van der Waals surface area (Å²) in [5, 5.41) is 8.64. The molecule has 0 fully saturated rings. The highest BCUT2D eigenvalue weighted by molar-refractivity contribution is 5.86. The van der Waals surface area contributed by atoms with Gasteiger partial charge in [0, 0.05) is 6.20 Å². The van der Waals surface area contributed by atoms with E-state index in [-0.39, 0.29) is 18.1 Å². The van der Waals surface area contributed by atoms with Crippen molar-refractivity contribution in [2.24, 2.45) is 0 Å². The van der Waals surface area contributed by atoms with Crippen LogP contribution in [0.15, 0.2) is 12.3 Å². The van der Waals surface area contributed by atoms with Crippen molar-refractivity contribution in [3.63, 3.8) is 0 Å². The average molecular weight is 168 g/mol. The standard InChI is InChI=1S/C7H8N2O3/c1-12-7(11)5-2-3-8-6(4-10)9-5/h2-3,10H,4H2,1H3. The lowest BCUT2D eigenvalue weighted by molar-refractivity contribution is 0.0593. The van der Waals surface area contributed by atoms with Gasteiger partial charge in [-0.3, -0.25) is 0 Å². The SMILES string of the molecule is COC(=O)c1ccnc(CO)n1. The summed E-state index contributed by atoms with van der Waals surface area (Å²) in [4.78, 5) is 18.3. The summed E-state index contributed by atoms with van der Waals surface area (Å²) in [6.45, 7) is -0.287. The van der Waals surface area contributed by atoms with Crippen LogP contribution in [0.4, 0.5) is 0 Å². The van der Waals surface area contributed by atoms with Crippen molar-refractivity contribution in [1.29, 1.82) is 0 Å². The van der Waals surface area contributed by atoms with Crippen LogP contribution in [0.3, 0.4) is 0 Å². The Balaban J connectivity index is 2.93. The van der Waals surface area contributed by atoms with E-state index in [0.717, 1.165) is 0 Å². The van der Waals surface area contributed by atoms with Crippen LogP contribution < -0.4 is 0 Å². The van der Waals surface area contributed by atoms with Gasteiger partial charge in [-0.15, -0.1) is 0 Å². The topological polar surface area (TPSA) is 72.3 Å². The first-order valence-electron chi connectivity index (χ1n) is 3.29. The number of hydrogen-bond donors (Lipinski definition) is 1. The molecule has 0 spiro atoms. The van der Waals surface area contributed by atoms with Gasteiger partial charge in [0.1, 0.15) is 6.61 Å². The van der Waals surface area contributed by atoms with Crippen LogP contribution in [0.2, 0.25) is 0 Å². The molecule has 1 rings (SSSR count). The third-order valence-corrected chi connectivity index (χ3v) is 1.24. The predicted molar refractivity (Wildman–Crippen MR) is 39.3 cm³/mol. The lowest BCUT2D eigenvalue weighted by Crippen LogP contribution is -2.07. The molecule has 64 valence electrons. The molecule has 5 nitrogen and oxygen atoms in total. The lowest BCUT2D eigenvalue weighted by atomic mass is 10.4.